The van der Waals surface area contributed by atoms with Crippen LogP contribution in [0.3, 0.4) is 0 Å². The van der Waals surface area contributed by atoms with Gasteiger partial charge in [-0.1, -0.05) is 0 Å². The van der Waals surface area contributed by atoms with Crippen LogP contribution >= 0.6 is 0 Å². The first-order chi connectivity index (χ1) is 12.2. The smallest absolute Gasteiger partial charge is 0.183 e. The van der Waals surface area contributed by atoms with Crippen LogP contribution in [-0.2, 0) is 18.9 Å². The lowest BCUT2D eigenvalue weighted by atomic mass is 9.79. The van der Waals surface area contributed by atoms with E-state index in [-0.39, 0.29) is 12.8 Å². The molecule has 26 heavy (non-hydrogen) atoms. The van der Waals surface area contributed by atoms with E-state index in [1.807, 2.05) is 0 Å². The van der Waals surface area contributed by atoms with E-state index in [0.717, 1.165) is 0 Å². The molecule has 0 amide bonds. The Labute approximate surface area is 152 Å². The van der Waals surface area contributed by atoms with Crippen molar-refractivity contribution in [3.8, 4) is 0 Å². The van der Waals surface area contributed by atoms with Crippen LogP contribution in [0.25, 0.3) is 0 Å². The lowest BCUT2D eigenvalue weighted by Crippen LogP contribution is -2.62. The monoisotopic (exact) mass is 384 g/mol. The van der Waals surface area contributed by atoms with Gasteiger partial charge in [0.25, 0.3) is 0 Å². The van der Waals surface area contributed by atoms with Gasteiger partial charge >= 0.3 is 0 Å². The number of hydrogen-bond acceptors (Lipinski definition) is 10. The van der Waals surface area contributed by atoms with Gasteiger partial charge in [-0.05, 0) is 6.92 Å². The fraction of sp³-hybridized carbons (Fsp3) is 1.00. The molecule has 9 atom stereocenters. The molecule has 10 heteroatoms. The molecule has 0 aromatic carbocycles. The van der Waals surface area contributed by atoms with Gasteiger partial charge in [0.1, 0.15) is 30.0 Å². The van der Waals surface area contributed by atoms with Crippen molar-refractivity contribution < 1.29 is 49.6 Å². The fourth-order valence-electron chi connectivity index (χ4n) is 3.26. The lowest BCUT2D eigenvalue weighted by Gasteiger charge is -2.47. The van der Waals surface area contributed by atoms with Gasteiger partial charge in [-0.3, -0.25) is 0 Å². The maximum absolute atomic E-state index is 11.0. The van der Waals surface area contributed by atoms with Gasteiger partial charge in [-0.25, -0.2) is 0 Å². The molecular formula is C16H32O10. The minimum absolute atomic E-state index is 0.0715. The zero-order chi connectivity index (χ0) is 20.1. The second kappa shape index (κ2) is 10.2. The molecule has 156 valence electrons. The molecule has 1 aliphatic heterocycles. The molecule has 0 spiro atoms. The van der Waals surface area contributed by atoms with Gasteiger partial charge in [0.05, 0.1) is 24.9 Å². The minimum Gasteiger partial charge on any atom is -0.394 e. The molecule has 10 nitrogen and oxygen atoms in total. The molecule has 0 bridgehead atoms. The summed E-state index contributed by atoms with van der Waals surface area (Å²) in [6.45, 7) is 0.869. The molecule has 0 saturated carbocycles. The summed E-state index contributed by atoms with van der Waals surface area (Å²) in [7, 11) is 4.02. The van der Waals surface area contributed by atoms with Crippen LogP contribution in [0.5, 0.6) is 0 Å². The summed E-state index contributed by atoms with van der Waals surface area (Å²) < 4.78 is 21.1. The molecule has 0 unspecified atom stereocenters. The Kier molecular flexibility index (Phi) is 9.30. The van der Waals surface area contributed by atoms with Crippen molar-refractivity contribution >= 4 is 0 Å². The molecule has 0 aliphatic carbocycles. The van der Waals surface area contributed by atoms with Gasteiger partial charge < -0.3 is 49.6 Å². The Morgan fingerprint density at radius 1 is 1.12 bits per heavy atom. The van der Waals surface area contributed by atoms with Crippen LogP contribution in [0.15, 0.2) is 0 Å². The highest BCUT2D eigenvalue weighted by atomic mass is 16.7. The van der Waals surface area contributed by atoms with Crippen LogP contribution in [0.2, 0.25) is 0 Å². The van der Waals surface area contributed by atoms with E-state index in [1.54, 1.807) is 6.92 Å². The van der Waals surface area contributed by atoms with Gasteiger partial charge in [-0.15, -0.1) is 0 Å². The molecule has 0 aromatic heterocycles. The van der Waals surface area contributed by atoms with Crippen molar-refractivity contribution in [1.29, 1.82) is 0 Å². The first-order valence-corrected chi connectivity index (χ1v) is 8.45. The topological polar surface area (TPSA) is 158 Å². The number of ether oxygens (including phenoxy) is 4. The van der Waals surface area contributed by atoms with E-state index >= 15 is 0 Å². The summed E-state index contributed by atoms with van der Waals surface area (Å²) >= 11 is 0. The SMILES string of the molecule is CO[C@H]1O[C@H](C)[C@@](O)([C@@H](C[C@H](OC)[C@@H](O)[C@@H](O)[C@H](O)CO)OC)C[C@H]1O. The highest BCUT2D eigenvalue weighted by Crippen LogP contribution is 2.36. The van der Waals surface area contributed by atoms with E-state index in [4.69, 9.17) is 24.1 Å². The summed E-state index contributed by atoms with van der Waals surface area (Å²) in [5.74, 6) is 0. The van der Waals surface area contributed by atoms with Crippen LogP contribution in [0.4, 0.5) is 0 Å². The van der Waals surface area contributed by atoms with E-state index in [0.29, 0.717) is 0 Å². The van der Waals surface area contributed by atoms with Crippen LogP contribution in [0, 0.1) is 0 Å². The van der Waals surface area contributed by atoms with Gasteiger partial charge in [0.2, 0.25) is 0 Å². The molecular weight excluding hydrogens is 352 g/mol. The third-order valence-electron chi connectivity index (χ3n) is 5.03. The summed E-state index contributed by atoms with van der Waals surface area (Å²) in [5, 5.41) is 59.7. The largest absolute Gasteiger partial charge is 0.394 e. The van der Waals surface area contributed by atoms with Crippen molar-refractivity contribution in [2.45, 2.75) is 74.4 Å². The van der Waals surface area contributed by atoms with Crippen molar-refractivity contribution in [3.05, 3.63) is 0 Å². The highest BCUT2D eigenvalue weighted by Gasteiger charge is 2.51. The quantitative estimate of drug-likeness (QED) is 0.235. The number of hydrogen-bond donors (Lipinski definition) is 6. The van der Waals surface area contributed by atoms with E-state index < -0.39 is 61.2 Å². The molecule has 1 fully saturated rings. The molecule has 0 radical (unpaired) electrons. The lowest BCUT2D eigenvalue weighted by molar-refractivity contribution is -0.302. The van der Waals surface area contributed by atoms with E-state index in [9.17, 15) is 25.5 Å². The summed E-state index contributed by atoms with van der Waals surface area (Å²) in [6.07, 6.45) is -9.60. The maximum atomic E-state index is 11.0. The van der Waals surface area contributed by atoms with Crippen molar-refractivity contribution in [3.63, 3.8) is 0 Å². The predicted molar refractivity (Wildman–Crippen MR) is 88.2 cm³/mol. The molecule has 1 heterocycles. The standard InChI is InChI=1S/C16H32O10/c1-8-16(22,6-9(18)15(25-4)26-8)12(24-3)5-11(23-2)14(21)13(20)10(19)7-17/h8-15,17-22H,5-7H2,1-4H3/t8-,9-,10-,11+,12-,13+,14-,15+,16-/m1/s1. The Balaban J connectivity index is 2.92. The Bertz CT molecular complexity index is 410. The molecule has 6 N–H and O–H groups in total. The van der Waals surface area contributed by atoms with Gasteiger partial charge in [-0.2, -0.15) is 0 Å². The molecule has 1 saturated heterocycles. The van der Waals surface area contributed by atoms with Crippen LogP contribution in [0.1, 0.15) is 19.8 Å². The highest BCUT2D eigenvalue weighted by molar-refractivity contribution is 5.00. The van der Waals surface area contributed by atoms with Crippen molar-refractivity contribution in [2.24, 2.45) is 0 Å². The third kappa shape index (κ3) is 5.10. The van der Waals surface area contributed by atoms with E-state index in [2.05, 4.69) is 0 Å². The second-order valence-corrected chi connectivity index (χ2v) is 6.61. The Hall–Kier alpha value is -0.400. The minimum atomic E-state index is -1.65. The normalized spacial score (nSPS) is 35.5. The number of rotatable bonds is 10. The van der Waals surface area contributed by atoms with Gasteiger partial charge in [0.15, 0.2) is 6.29 Å². The Morgan fingerprint density at radius 3 is 2.19 bits per heavy atom. The summed E-state index contributed by atoms with van der Waals surface area (Å²) in [5.41, 5.74) is -1.61. The maximum Gasteiger partial charge on any atom is 0.183 e. The van der Waals surface area contributed by atoms with Crippen LogP contribution < -0.4 is 0 Å². The first kappa shape index (κ1) is 23.6. The van der Waals surface area contributed by atoms with E-state index in [1.165, 1.54) is 21.3 Å². The average molecular weight is 384 g/mol. The molecule has 1 aliphatic rings. The van der Waals surface area contributed by atoms with Gasteiger partial charge in [0, 0.05) is 34.2 Å². The number of methoxy groups -OCH3 is 3. The third-order valence-corrected chi connectivity index (χ3v) is 5.03. The number of aliphatic hydroxyl groups excluding tert-OH is 5. The second-order valence-electron chi connectivity index (χ2n) is 6.61. The predicted octanol–water partition coefficient (Wildman–Crippen LogP) is -2.65. The van der Waals surface area contributed by atoms with Crippen molar-refractivity contribution in [1.82, 2.24) is 0 Å². The summed E-state index contributed by atoms with van der Waals surface area (Å²) in [4.78, 5) is 0. The number of aliphatic hydroxyl groups is 6. The van der Waals surface area contributed by atoms with Crippen molar-refractivity contribution in [2.75, 3.05) is 27.9 Å². The average Bonchev–Trinajstić information content (AvgIpc) is 2.63. The first-order valence-electron chi connectivity index (χ1n) is 8.45. The fourth-order valence-corrected chi connectivity index (χ4v) is 3.26. The Morgan fingerprint density at radius 2 is 1.73 bits per heavy atom. The zero-order valence-corrected chi connectivity index (χ0v) is 15.6. The van der Waals surface area contributed by atoms with Crippen LogP contribution in [-0.4, -0.2) is 113 Å². The molecule has 0 aromatic rings. The molecule has 1 rings (SSSR count). The zero-order valence-electron chi connectivity index (χ0n) is 15.6. The summed E-state index contributed by atoms with van der Waals surface area (Å²) in [6, 6.07) is 0.